The van der Waals surface area contributed by atoms with Crippen LogP contribution in [0.4, 0.5) is 5.69 Å². The van der Waals surface area contributed by atoms with Gasteiger partial charge in [-0.3, -0.25) is 19.4 Å². The van der Waals surface area contributed by atoms with Gasteiger partial charge in [0.1, 0.15) is 5.75 Å². The van der Waals surface area contributed by atoms with Crippen LogP contribution in [0.15, 0.2) is 36.7 Å². The number of nitrogens with zero attached hydrogens (tertiary/aromatic N) is 2. The second kappa shape index (κ2) is 11.3. The second-order valence-corrected chi connectivity index (χ2v) is 13.4. The summed E-state index contributed by atoms with van der Waals surface area (Å²) < 4.78 is 28.5. The number of Topliss-reactive ketones (excluding diaryl/α,β-unsaturated/α-hetero) is 1. The van der Waals surface area contributed by atoms with Crippen LogP contribution < -0.4 is 21.3 Å². The Hall–Kier alpha value is -2.93. The molecule has 2 aliphatic heterocycles. The highest BCUT2D eigenvalue weighted by Gasteiger charge is 2.51. The number of carbonyl (C=O) groups excluding carboxylic acids is 3. The van der Waals surface area contributed by atoms with E-state index in [1.807, 2.05) is 18.2 Å². The molecule has 1 aromatic heterocycles. The molecule has 3 heterocycles. The monoisotopic (exact) mass is 558 g/mol. The number of sulfonamides is 1. The number of fused-ring (bicyclic) bond motifs is 2. The van der Waals surface area contributed by atoms with Gasteiger partial charge in [-0.15, -0.1) is 0 Å². The van der Waals surface area contributed by atoms with Crippen molar-refractivity contribution < 1.29 is 22.8 Å². The van der Waals surface area contributed by atoms with Gasteiger partial charge >= 0.3 is 0 Å². The first-order valence-electron chi connectivity index (χ1n) is 13.2. The van der Waals surface area contributed by atoms with E-state index in [1.54, 1.807) is 53.2 Å². The van der Waals surface area contributed by atoms with Crippen LogP contribution in [-0.2, 0) is 24.4 Å². The fourth-order valence-corrected chi connectivity index (χ4v) is 7.17. The van der Waals surface area contributed by atoms with Crippen molar-refractivity contribution in [3.8, 4) is 0 Å². The first kappa shape index (κ1) is 29.1. The Morgan fingerprint density at radius 1 is 1.21 bits per heavy atom. The van der Waals surface area contributed by atoms with Gasteiger partial charge in [-0.25, -0.2) is 8.42 Å². The third kappa shape index (κ3) is 6.13. The lowest BCUT2D eigenvalue weighted by molar-refractivity contribution is -0.129. The van der Waals surface area contributed by atoms with Crippen molar-refractivity contribution in [2.24, 2.45) is 11.3 Å². The zero-order valence-electron chi connectivity index (χ0n) is 23.0. The van der Waals surface area contributed by atoms with E-state index >= 15 is 0 Å². The summed E-state index contributed by atoms with van der Waals surface area (Å²) in [4.78, 5) is 43.4. The van der Waals surface area contributed by atoms with Gasteiger partial charge in [0.2, 0.25) is 21.8 Å². The third-order valence-corrected chi connectivity index (χ3v) is 9.47. The number of pyridine rings is 1. The minimum atomic E-state index is -4.07. The standard InChI is InChI=1S/C27H38N6O5S/c1-16(28-5)25(35)32-24(27(2,3)4)22(34)15-39(37,38)33-12-10-21-23(33)19(14-30-21)26(36)31-20-8-6-7-17-9-11-29-13-18(17)20/h6-9,11,13,16,19,21,23-24,28,30H,10,12,14-15H2,1-5H3,(H,31,36)(H,32,35). The molecule has 12 heteroatoms. The van der Waals surface area contributed by atoms with Crippen molar-refractivity contribution in [1.29, 1.82) is 0 Å². The molecule has 0 aliphatic carbocycles. The fourth-order valence-electron chi connectivity index (χ4n) is 5.43. The largest absolute Gasteiger partial charge is 0.344 e. The summed E-state index contributed by atoms with van der Waals surface area (Å²) in [6, 6.07) is 5.08. The summed E-state index contributed by atoms with van der Waals surface area (Å²) in [7, 11) is -2.44. The lowest BCUT2D eigenvalue weighted by atomic mass is 9.84. The van der Waals surface area contributed by atoms with Gasteiger partial charge in [0.15, 0.2) is 5.78 Å². The van der Waals surface area contributed by atoms with E-state index in [0.29, 0.717) is 18.7 Å². The van der Waals surface area contributed by atoms with Crippen LogP contribution in [0.3, 0.4) is 0 Å². The predicted octanol–water partition coefficient (Wildman–Crippen LogP) is 0.873. The maximum atomic E-state index is 13.6. The minimum absolute atomic E-state index is 0.186. The highest BCUT2D eigenvalue weighted by molar-refractivity contribution is 7.89. The van der Waals surface area contributed by atoms with E-state index < -0.39 is 51.0 Å². The number of anilines is 1. The summed E-state index contributed by atoms with van der Waals surface area (Å²) in [6.45, 7) is 7.54. The Bertz CT molecular complexity index is 1350. The lowest BCUT2D eigenvalue weighted by Gasteiger charge is -2.32. The van der Waals surface area contributed by atoms with E-state index in [2.05, 4.69) is 26.3 Å². The number of aromatic nitrogens is 1. The van der Waals surface area contributed by atoms with Crippen LogP contribution in [0.5, 0.6) is 0 Å². The number of hydrogen-bond donors (Lipinski definition) is 4. The Morgan fingerprint density at radius 3 is 2.64 bits per heavy atom. The number of benzene rings is 1. The number of amides is 2. The fraction of sp³-hybridized carbons (Fsp3) is 0.556. The lowest BCUT2D eigenvalue weighted by Crippen LogP contribution is -2.56. The second-order valence-electron chi connectivity index (χ2n) is 11.4. The molecular weight excluding hydrogens is 520 g/mol. The Kier molecular flexibility index (Phi) is 8.41. The van der Waals surface area contributed by atoms with Crippen LogP contribution in [0.25, 0.3) is 10.8 Å². The number of carbonyl (C=O) groups is 3. The van der Waals surface area contributed by atoms with E-state index in [4.69, 9.17) is 0 Å². The third-order valence-electron chi connectivity index (χ3n) is 7.68. The SMILES string of the molecule is CNC(C)C(=O)NC(C(=O)CS(=O)(=O)N1CCC2NCC(C(=O)Nc3cccc4ccncc34)C21)C(C)(C)C. The molecule has 5 unspecified atom stereocenters. The quantitative estimate of drug-likeness (QED) is 0.354. The smallest absolute Gasteiger partial charge is 0.237 e. The van der Waals surface area contributed by atoms with E-state index in [-0.39, 0.29) is 24.4 Å². The zero-order valence-corrected chi connectivity index (χ0v) is 23.8. The molecule has 39 heavy (non-hydrogen) atoms. The van der Waals surface area contributed by atoms with Gasteiger partial charge in [-0.05, 0) is 43.3 Å². The molecule has 0 radical (unpaired) electrons. The van der Waals surface area contributed by atoms with Crippen LogP contribution in [-0.4, -0.2) is 85.4 Å². The zero-order chi connectivity index (χ0) is 28.5. The molecule has 212 valence electrons. The van der Waals surface area contributed by atoms with E-state index in [0.717, 1.165) is 10.8 Å². The molecule has 0 bridgehead atoms. The molecule has 1 aromatic carbocycles. The van der Waals surface area contributed by atoms with Crippen molar-refractivity contribution in [2.45, 2.75) is 58.3 Å². The average Bonchev–Trinajstić information content (AvgIpc) is 3.48. The summed E-state index contributed by atoms with van der Waals surface area (Å²) in [5, 5.41) is 13.5. The van der Waals surface area contributed by atoms with Gasteiger partial charge in [-0.2, -0.15) is 4.31 Å². The molecule has 2 saturated heterocycles. The molecule has 2 amide bonds. The Morgan fingerprint density at radius 2 is 1.95 bits per heavy atom. The maximum absolute atomic E-state index is 13.6. The molecule has 0 spiro atoms. The number of likely N-dealkylation sites (N-methyl/N-ethyl adjacent to an activating group) is 1. The number of rotatable bonds is 9. The molecule has 4 N–H and O–H groups in total. The molecular formula is C27H38N6O5S. The summed E-state index contributed by atoms with van der Waals surface area (Å²) in [5.41, 5.74) is -0.0929. The predicted molar refractivity (Wildman–Crippen MR) is 149 cm³/mol. The first-order chi connectivity index (χ1) is 18.3. The Labute approximate surface area is 229 Å². The summed E-state index contributed by atoms with van der Waals surface area (Å²) in [6.07, 6.45) is 3.90. The van der Waals surface area contributed by atoms with Crippen molar-refractivity contribution in [1.82, 2.24) is 25.2 Å². The molecule has 4 rings (SSSR count). The van der Waals surface area contributed by atoms with Crippen LogP contribution in [0.2, 0.25) is 0 Å². The van der Waals surface area contributed by atoms with Crippen molar-refractivity contribution in [3.63, 3.8) is 0 Å². The average molecular weight is 559 g/mol. The van der Waals surface area contributed by atoms with Gasteiger partial charge in [0.05, 0.1) is 29.7 Å². The maximum Gasteiger partial charge on any atom is 0.237 e. The summed E-state index contributed by atoms with van der Waals surface area (Å²) in [5.74, 6) is -2.65. The van der Waals surface area contributed by atoms with Crippen LogP contribution >= 0.6 is 0 Å². The Balaban J connectivity index is 1.51. The molecule has 0 saturated carbocycles. The van der Waals surface area contributed by atoms with Crippen molar-refractivity contribution in [3.05, 3.63) is 36.7 Å². The highest BCUT2D eigenvalue weighted by Crippen LogP contribution is 2.34. The van der Waals surface area contributed by atoms with Gasteiger partial charge in [-0.1, -0.05) is 32.9 Å². The van der Waals surface area contributed by atoms with Gasteiger partial charge in [0, 0.05) is 36.9 Å². The molecule has 2 aliphatic rings. The normalized spacial score (nSPS) is 23.3. The number of hydrogen-bond acceptors (Lipinski definition) is 8. The van der Waals surface area contributed by atoms with E-state index in [1.165, 1.54) is 4.31 Å². The molecule has 2 aromatic rings. The van der Waals surface area contributed by atoms with Crippen LogP contribution in [0, 0.1) is 11.3 Å². The highest BCUT2D eigenvalue weighted by atomic mass is 32.2. The molecule has 2 fully saturated rings. The van der Waals surface area contributed by atoms with Crippen LogP contribution in [0.1, 0.15) is 34.1 Å². The molecule has 11 nitrogen and oxygen atoms in total. The topological polar surface area (TPSA) is 150 Å². The van der Waals surface area contributed by atoms with Crippen molar-refractivity contribution >= 4 is 44.1 Å². The first-order valence-corrected chi connectivity index (χ1v) is 14.8. The summed E-state index contributed by atoms with van der Waals surface area (Å²) >= 11 is 0. The van der Waals surface area contributed by atoms with Gasteiger partial charge < -0.3 is 21.3 Å². The van der Waals surface area contributed by atoms with Gasteiger partial charge in [0.25, 0.3) is 0 Å². The number of ketones is 1. The number of nitrogens with one attached hydrogen (secondary N) is 4. The molecule has 5 atom stereocenters. The van der Waals surface area contributed by atoms with E-state index in [9.17, 15) is 22.8 Å². The van der Waals surface area contributed by atoms with Crippen molar-refractivity contribution in [2.75, 3.05) is 31.2 Å². The minimum Gasteiger partial charge on any atom is -0.344 e.